The lowest BCUT2D eigenvalue weighted by Gasteiger charge is -2.50. The molecule has 2 atom stereocenters. The highest BCUT2D eigenvalue weighted by Crippen LogP contribution is 2.38. The summed E-state index contributed by atoms with van der Waals surface area (Å²) in [6.45, 7) is 2.35. The fourth-order valence-electron chi connectivity index (χ4n) is 1.82. The van der Waals surface area contributed by atoms with E-state index >= 15 is 0 Å². The summed E-state index contributed by atoms with van der Waals surface area (Å²) in [6, 6.07) is 0.0342. The van der Waals surface area contributed by atoms with Gasteiger partial charge in [0, 0.05) is 23.9 Å². The fraction of sp³-hybridized carbons (Fsp3) is 0.909. The summed E-state index contributed by atoms with van der Waals surface area (Å²) in [7, 11) is 0. The smallest absolute Gasteiger partial charge is 0.372 e. The number of nitrogens with one attached hydrogen (secondary N) is 1. The molecule has 0 spiro atoms. The Morgan fingerprint density at radius 1 is 1.50 bits per heavy atom. The minimum Gasteiger partial charge on any atom is -0.372 e. The maximum absolute atomic E-state index is 11.8. The molecular weight excluding hydrogens is 249 g/mol. The van der Waals surface area contributed by atoms with Gasteiger partial charge in [0.15, 0.2) is 0 Å². The lowest BCUT2D eigenvalue weighted by molar-refractivity contribution is -0.174. The molecule has 7 heteroatoms. The third kappa shape index (κ3) is 4.13. The van der Waals surface area contributed by atoms with Crippen LogP contribution in [0.25, 0.3) is 0 Å². The molecule has 1 saturated carbocycles. The molecule has 1 amide bonds. The van der Waals surface area contributed by atoms with E-state index in [1.165, 1.54) is 0 Å². The third-order valence-electron chi connectivity index (χ3n) is 3.42. The van der Waals surface area contributed by atoms with E-state index in [1.54, 1.807) is 0 Å². The van der Waals surface area contributed by atoms with Crippen LogP contribution in [0.1, 0.15) is 26.7 Å². The highest BCUT2D eigenvalue weighted by molar-refractivity contribution is 5.76. The van der Waals surface area contributed by atoms with E-state index in [2.05, 4.69) is 10.1 Å². The Morgan fingerprint density at radius 3 is 2.56 bits per heavy atom. The molecule has 4 nitrogen and oxygen atoms in total. The molecule has 0 aromatic heterocycles. The summed E-state index contributed by atoms with van der Waals surface area (Å²) in [4.78, 5) is 11.5. The molecule has 0 heterocycles. The molecule has 0 aliphatic heterocycles. The van der Waals surface area contributed by atoms with E-state index in [9.17, 15) is 18.0 Å². The lowest BCUT2D eigenvalue weighted by atomic mass is 9.63. The van der Waals surface area contributed by atoms with Crippen LogP contribution in [0.15, 0.2) is 0 Å². The van der Waals surface area contributed by atoms with Gasteiger partial charge in [-0.2, -0.15) is 13.2 Å². The highest BCUT2D eigenvalue weighted by Gasteiger charge is 2.46. The summed E-state index contributed by atoms with van der Waals surface area (Å²) < 4.78 is 39.6. The molecule has 0 bridgehead atoms. The van der Waals surface area contributed by atoms with Gasteiger partial charge in [-0.25, -0.2) is 0 Å². The zero-order valence-electron chi connectivity index (χ0n) is 10.5. The average Bonchev–Trinajstić information content (AvgIpc) is 2.23. The summed E-state index contributed by atoms with van der Waals surface area (Å²) in [5, 5.41) is 2.75. The predicted octanol–water partition coefficient (Wildman–Crippen LogP) is 1.20. The first kappa shape index (κ1) is 15.2. The largest absolute Gasteiger partial charge is 0.411 e. The van der Waals surface area contributed by atoms with Crippen LogP contribution in [0, 0.1) is 5.41 Å². The van der Waals surface area contributed by atoms with Gasteiger partial charge in [-0.15, -0.1) is 0 Å². The first-order chi connectivity index (χ1) is 8.13. The summed E-state index contributed by atoms with van der Waals surface area (Å²) >= 11 is 0. The summed E-state index contributed by atoms with van der Waals surface area (Å²) in [5.74, 6) is -0.304. The average molecular weight is 268 g/mol. The van der Waals surface area contributed by atoms with E-state index in [1.807, 2.05) is 13.8 Å². The van der Waals surface area contributed by atoms with E-state index in [0.29, 0.717) is 6.42 Å². The molecule has 0 aromatic carbocycles. The minimum absolute atomic E-state index is 0.0115. The normalized spacial score (nSPS) is 26.6. The Bertz CT molecular complexity index is 305. The molecule has 0 saturated heterocycles. The second kappa shape index (κ2) is 5.44. The van der Waals surface area contributed by atoms with Crippen molar-refractivity contribution >= 4 is 5.91 Å². The lowest BCUT2D eigenvalue weighted by Crippen LogP contribution is -2.64. The van der Waals surface area contributed by atoms with Crippen LogP contribution in [0.3, 0.4) is 0 Å². The van der Waals surface area contributed by atoms with Gasteiger partial charge in [-0.1, -0.05) is 13.8 Å². The first-order valence-electron chi connectivity index (χ1n) is 5.82. The Labute approximate surface area is 104 Å². The number of nitrogens with two attached hydrogens (primary N) is 1. The Morgan fingerprint density at radius 2 is 2.11 bits per heavy atom. The number of carbonyl (C=O) groups excluding carboxylic acids is 1. The van der Waals surface area contributed by atoms with Gasteiger partial charge in [-0.3, -0.25) is 4.79 Å². The van der Waals surface area contributed by atoms with Crippen LogP contribution >= 0.6 is 0 Å². The molecule has 1 fully saturated rings. The van der Waals surface area contributed by atoms with E-state index in [0.717, 1.165) is 0 Å². The van der Waals surface area contributed by atoms with Crippen molar-refractivity contribution in [2.45, 2.75) is 44.9 Å². The van der Waals surface area contributed by atoms with E-state index < -0.39 is 12.8 Å². The zero-order chi connectivity index (χ0) is 14.0. The number of hydrogen-bond donors (Lipinski definition) is 2. The van der Waals surface area contributed by atoms with Gasteiger partial charge in [-0.05, 0) is 6.42 Å². The molecule has 3 N–H and O–H groups in total. The minimum atomic E-state index is -4.35. The molecule has 1 rings (SSSR count). The van der Waals surface area contributed by atoms with Crippen LogP contribution in [0.2, 0.25) is 0 Å². The van der Waals surface area contributed by atoms with Gasteiger partial charge < -0.3 is 15.8 Å². The number of halogens is 3. The predicted molar refractivity (Wildman–Crippen MR) is 59.8 cm³/mol. The number of alkyl halides is 3. The number of amides is 1. The van der Waals surface area contributed by atoms with Crippen LogP contribution < -0.4 is 11.1 Å². The maximum atomic E-state index is 11.8. The molecule has 0 radical (unpaired) electrons. The molecule has 0 aromatic rings. The van der Waals surface area contributed by atoms with Crippen molar-refractivity contribution in [1.29, 1.82) is 0 Å². The van der Waals surface area contributed by atoms with Crippen molar-refractivity contribution < 1.29 is 22.7 Å². The van der Waals surface area contributed by atoms with Gasteiger partial charge in [0.1, 0.15) is 6.61 Å². The molecule has 1 aliphatic rings. The third-order valence-corrected chi connectivity index (χ3v) is 3.42. The molecule has 2 unspecified atom stereocenters. The first-order valence-corrected chi connectivity index (χ1v) is 5.82. The van der Waals surface area contributed by atoms with Crippen molar-refractivity contribution in [3.63, 3.8) is 0 Å². The van der Waals surface area contributed by atoms with E-state index in [4.69, 9.17) is 5.73 Å². The van der Waals surface area contributed by atoms with Crippen LogP contribution in [-0.4, -0.2) is 37.4 Å². The van der Waals surface area contributed by atoms with Crippen LogP contribution in [-0.2, 0) is 9.53 Å². The second-order valence-corrected chi connectivity index (χ2v) is 5.20. The van der Waals surface area contributed by atoms with Crippen LogP contribution in [0.5, 0.6) is 0 Å². The topological polar surface area (TPSA) is 64.3 Å². The Kier molecular flexibility index (Phi) is 4.61. The molecule has 1 aliphatic carbocycles. The van der Waals surface area contributed by atoms with E-state index in [-0.39, 0.29) is 36.4 Å². The Balaban J connectivity index is 2.16. The number of ether oxygens (including phenoxy) is 1. The van der Waals surface area contributed by atoms with Gasteiger partial charge in [0.2, 0.25) is 5.91 Å². The second-order valence-electron chi connectivity index (χ2n) is 5.20. The highest BCUT2D eigenvalue weighted by atomic mass is 19.4. The van der Waals surface area contributed by atoms with Gasteiger partial charge >= 0.3 is 6.18 Å². The number of carbonyl (C=O) groups is 1. The molecule has 18 heavy (non-hydrogen) atoms. The van der Waals surface area contributed by atoms with Crippen molar-refractivity contribution in [1.82, 2.24) is 5.32 Å². The summed E-state index contributed by atoms with van der Waals surface area (Å²) in [6.07, 6.45) is -3.72. The zero-order valence-corrected chi connectivity index (χ0v) is 10.5. The monoisotopic (exact) mass is 268 g/mol. The quantitative estimate of drug-likeness (QED) is 0.736. The van der Waals surface area contributed by atoms with Crippen molar-refractivity contribution in [3.05, 3.63) is 0 Å². The van der Waals surface area contributed by atoms with Gasteiger partial charge in [0.05, 0.1) is 6.61 Å². The maximum Gasteiger partial charge on any atom is 0.411 e. The van der Waals surface area contributed by atoms with Crippen molar-refractivity contribution in [2.75, 3.05) is 13.2 Å². The van der Waals surface area contributed by atoms with Crippen LogP contribution in [0.4, 0.5) is 13.2 Å². The SMILES string of the molecule is CC1(C)C(N)CC1NC(=O)CCOCC(F)(F)F. The Hall–Kier alpha value is -0.820. The van der Waals surface area contributed by atoms with Crippen molar-refractivity contribution in [2.24, 2.45) is 11.1 Å². The number of rotatable bonds is 5. The standard InChI is InChI=1S/C11H19F3N2O2/c1-10(2)7(15)5-8(10)16-9(17)3-4-18-6-11(12,13)14/h7-8H,3-6,15H2,1-2H3,(H,16,17). The van der Waals surface area contributed by atoms with Crippen molar-refractivity contribution in [3.8, 4) is 0 Å². The fourth-order valence-corrected chi connectivity index (χ4v) is 1.82. The molecular formula is C11H19F3N2O2. The number of hydrogen-bond acceptors (Lipinski definition) is 3. The summed E-state index contributed by atoms with van der Waals surface area (Å²) in [5.41, 5.74) is 5.63. The molecule has 106 valence electrons. The van der Waals surface area contributed by atoms with Gasteiger partial charge in [0.25, 0.3) is 0 Å².